The van der Waals surface area contributed by atoms with E-state index in [1.807, 2.05) is 43.5 Å². The van der Waals surface area contributed by atoms with E-state index in [0.717, 1.165) is 36.3 Å². The lowest BCUT2D eigenvalue weighted by Crippen LogP contribution is -2.22. The van der Waals surface area contributed by atoms with Crippen molar-refractivity contribution in [2.24, 2.45) is 0 Å². The summed E-state index contributed by atoms with van der Waals surface area (Å²) >= 11 is 0. The number of amides is 1. The average Bonchev–Trinajstić information content (AvgIpc) is 3.44. The number of benzene rings is 2. The Balaban J connectivity index is 1.20. The van der Waals surface area contributed by atoms with Crippen LogP contribution in [0.4, 0.5) is 11.4 Å². The number of aromatic nitrogens is 1. The summed E-state index contributed by atoms with van der Waals surface area (Å²) in [5.41, 5.74) is 5.23. The van der Waals surface area contributed by atoms with Crippen LogP contribution in [0.2, 0.25) is 0 Å². The van der Waals surface area contributed by atoms with E-state index in [9.17, 15) is 9.59 Å². The monoisotopic (exact) mass is 419 g/mol. The minimum atomic E-state index is -0.351. The number of anilines is 2. The molecule has 0 unspecified atom stereocenters. The molecule has 2 aromatic carbocycles. The Morgan fingerprint density at radius 2 is 1.94 bits per heavy atom. The highest BCUT2D eigenvalue weighted by Crippen LogP contribution is 2.25. The standard InChI is InChI=1S/C25H29N3O3/c1-18-15-20(28-13-4-5-14-28)11-12-22(18)27-24(29)17-31-25(30)10-6-7-19-16-26-23-9-3-2-8-21(19)23/h2-3,8-9,11-12,15-16,26H,4-7,10,13-14,17H2,1H3,(H,27,29). The van der Waals surface area contributed by atoms with Gasteiger partial charge in [0.1, 0.15) is 0 Å². The van der Waals surface area contributed by atoms with Crippen LogP contribution in [0.25, 0.3) is 10.9 Å². The molecule has 162 valence electrons. The van der Waals surface area contributed by atoms with Gasteiger partial charge in [0.2, 0.25) is 0 Å². The van der Waals surface area contributed by atoms with Crippen molar-refractivity contribution in [2.75, 3.05) is 29.9 Å². The summed E-state index contributed by atoms with van der Waals surface area (Å²) in [4.78, 5) is 29.8. The first-order valence-corrected chi connectivity index (χ1v) is 11.0. The first-order chi connectivity index (χ1) is 15.1. The number of rotatable bonds is 8. The minimum Gasteiger partial charge on any atom is -0.456 e. The van der Waals surface area contributed by atoms with Crippen LogP contribution in [0, 0.1) is 6.92 Å². The Morgan fingerprint density at radius 3 is 2.74 bits per heavy atom. The van der Waals surface area contributed by atoms with E-state index in [4.69, 9.17) is 4.74 Å². The molecule has 1 aromatic heterocycles. The van der Waals surface area contributed by atoms with Crippen molar-refractivity contribution >= 4 is 34.2 Å². The maximum atomic E-state index is 12.2. The number of fused-ring (bicyclic) bond motifs is 1. The highest BCUT2D eigenvalue weighted by molar-refractivity contribution is 5.93. The van der Waals surface area contributed by atoms with Gasteiger partial charge in [0, 0.05) is 48.0 Å². The Morgan fingerprint density at radius 1 is 1.13 bits per heavy atom. The molecule has 0 bridgehead atoms. The number of ether oxygens (including phenoxy) is 1. The number of esters is 1. The van der Waals surface area contributed by atoms with Crippen LogP contribution in [0.3, 0.4) is 0 Å². The van der Waals surface area contributed by atoms with Gasteiger partial charge >= 0.3 is 5.97 Å². The molecule has 0 spiro atoms. The van der Waals surface area contributed by atoms with Gasteiger partial charge in [0.25, 0.3) is 5.91 Å². The van der Waals surface area contributed by atoms with Crippen molar-refractivity contribution in [1.29, 1.82) is 0 Å². The van der Waals surface area contributed by atoms with E-state index in [2.05, 4.69) is 27.3 Å². The van der Waals surface area contributed by atoms with Gasteiger partial charge in [-0.1, -0.05) is 18.2 Å². The van der Waals surface area contributed by atoms with Crippen molar-refractivity contribution in [3.8, 4) is 0 Å². The number of H-pyrrole nitrogens is 1. The van der Waals surface area contributed by atoms with Crippen LogP contribution in [-0.4, -0.2) is 36.6 Å². The first kappa shape index (κ1) is 21.0. The molecule has 6 nitrogen and oxygen atoms in total. The fraction of sp³-hybridized carbons (Fsp3) is 0.360. The van der Waals surface area contributed by atoms with Crippen LogP contribution in [0.15, 0.2) is 48.7 Å². The van der Waals surface area contributed by atoms with E-state index in [1.54, 1.807) is 0 Å². The van der Waals surface area contributed by atoms with Gasteiger partial charge in [-0.2, -0.15) is 0 Å². The molecule has 2 N–H and O–H groups in total. The van der Waals surface area contributed by atoms with E-state index in [-0.39, 0.29) is 24.9 Å². The highest BCUT2D eigenvalue weighted by atomic mass is 16.5. The van der Waals surface area contributed by atoms with Crippen molar-refractivity contribution in [2.45, 2.75) is 39.0 Å². The molecule has 1 aliphatic heterocycles. The Kier molecular flexibility index (Phi) is 6.55. The number of hydrogen-bond donors (Lipinski definition) is 2. The van der Waals surface area contributed by atoms with Crippen LogP contribution in [0.5, 0.6) is 0 Å². The smallest absolute Gasteiger partial charge is 0.306 e. The Hall–Kier alpha value is -3.28. The third-order valence-electron chi connectivity index (χ3n) is 5.82. The summed E-state index contributed by atoms with van der Waals surface area (Å²) in [7, 11) is 0. The van der Waals surface area contributed by atoms with Crippen molar-refractivity contribution in [1.82, 2.24) is 4.98 Å². The molecule has 0 radical (unpaired) electrons. The Labute approximate surface area is 182 Å². The van der Waals surface area contributed by atoms with E-state index in [0.29, 0.717) is 6.42 Å². The van der Waals surface area contributed by atoms with E-state index in [1.165, 1.54) is 29.5 Å². The zero-order valence-electron chi connectivity index (χ0n) is 17.9. The summed E-state index contributed by atoms with van der Waals surface area (Å²) < 4.78 is 5.16. The summed E-state index contributed by atoms with van der Waals surface area (Å²) in [5.74, 6) is -0.668. The molecule has 4 rings (SSSR count). The van der Waals surface area contributed by atoms with Gasteiger partial charge in [0.15, 0.2) is 6.61 Å². The van der Waals surface area contributed by atoms with Gasteiger partial charge in [-0.15, -0.1) is 0 Å². The lowest BCUT2D eigenvalue weighted by atomic mass is 10.1. The second-order valence-electron chi connectivity index (χ2n) is 8.12. The van der Waals surface area contributed by atoms with Gasteiger partial charge < -0.3 is 19.9 Å². The molecule has 1 saturated heterocycles. The second-order valence-corrected chi connectivity index (χ2v) is 8.12. The fourth-order valence-corrected chi connectivity index (χ4v) is 4.13. The molecule has 2 heterocycles. The first-order valence-electron chi connectivity index (χ1n) is 11.0. The molecular weight excluding hydrogens is 390 g/mol. The lowest BCUT2D eigenvalue weighted by molar-refractivity contribution is -0.147. The van der Waals surface area contributed by atoms with Crippen LogP contribution >= 0.6 is 0 Å². The van der Waals surface area contributed by atoms with Crippen molar-refractivity contribution in [3.63, 3.8) is 0 Å². The highest BCUT2D eigenvalue weighted by Gasteiger charge is 2.14. The van der Waals surface area contributed by atoms with E-state index >= 15 is 0 Å². The predicted octanol–water partition coefficient (Wildman–Crippen LogP) is 4.58. The summed E-state index contributed by atoms with van der Waals surface area (Å²) in [6.07, 6.45) is 6.19. The topological polar surface area (TPSA) is 74.4 Å². The fourth-order valence-electron chi connectivity index (χ4n) is 4.13. The summed E-state index contributed by atoms with van der Waals surface area (Å²) in [5, 5.41) is 4.02. The van der Waals surface area contributed by atoms with Crippen LogP contribution in [-0.2, 0) is 20.7 Å². The third kappa shape index (κ3) is 5.26. The summed E-state index contributed by atoms with van der Waals surface area (Å²) in [6, 6.07) is 14.2. The molecule has 0 atom stereocenters. The quantitative estimate of drug-likeness (QED) is 0.524. The molecule has 1 fully saturated rings. The molecule has 1 aliphatic rings. The van der Waals surface area contributed by atoms with Gasteiger partial charge in [0.05, 0.1) is 0 Å². The SMILES string of the molecule is Cc1cc(N2CCCC2)ccc1NC(=O)COC(=O)CCCc1c[nH]c2ccccc12. The molecular formula is C25H29N3O3. The summed E-state index contributed by atoms with van der Waals surface area (Å²) in [6.45, 7) is 3.88. The predicted molar refractivity (Wildman–Crippen MR) is 123 cm³/mol. The molecule has 0 saturated carbocycles. The number of carbonyl (C=O) groups is 2. The van der Waals surface area contributed by atoms with Crippen LogP contribution < -0.4 is 10.2 Å². The van der Waals surface area contributed by atoms with Gasteiger partial charge in [-0.3, -0.25) is 9.59 Å². The maximum absolute atomic E-state index is 12.2. The number of carbonyl (C=O) groups excluding carboxylic acids is 2. The zero-order chi connectivity index (χ0) is 21.6. The molecule has 31 heavy (non-hydrogen) atoms. The molecule has 6 heteroatoms. The number of hydrogen-bond acceptors (Lipinski definition) is 4. The zero-order valence-corrected chi connectivity index (χ0v) is 17.9. The van der Waals surface area contributed by atoms with E-state index < -0.39 is 0 Å². The van der Waals surface area contributed by atoms with Gasteiger partial charge in [-0.25, -0.2) is 0 Å². The number of aromatic amines is 1. The second kappa shape index (κ2) is 9.69. The largest absolute Gasteiger partial charge is 0.456 e. The number of nitrogens with zero attached hydrogens (tertiary/aromatic N) is 1. The number of nitrogens with one attached hydrogen (secondary N) is 2. The molecule has 3 aromatic rings. The minimum absolute atomic E-state index is 0.265. The average molecular weight is 420 g/mol. The van der Waals surface area contributed by atoms with Crippen molar-refractivity contribution in [3.05, 3.63) is 59.8 Å². The molecule has 1 amide bonds. The number of aryl methyl sites for hydroxylation is 2. The third-order valence-corrected chi connectivity index (χ3v) is 5.82. The Bertz CT molecular complexity index is 1070. The van der Waals surface area contributed by atoms with Crippen molar-refractivity contribution < 1.29 is 14.3 Å². The van der Waals surface area contributed by atoms with Gasteiger partial charge in [-0.05, 0) is 68.0 Å². The number of para-hydroxylation sites is 1. The molecule has 0 aliphatic carbocycles. The van der Waals surface area contributed by atoms with Crippen LogP contribution in [0.1, 0.15) is 36.8 Å². The normalized spacial score (nSPS) is 13.5. The maximum Gasteiger partial charge on any atom is 0.306 e. The lowest BCUT2D eigenvalue weighted by Gasteiger charge is -2.19.